The lowest BCUT2D eigenvalue weighted by molar-refractivity contribution is -0.121. The van der Waals surface area contributed by atoms with Crippen LogP contribution in [0.3, 0.4) is 0 Å². The SMILES string of the molecule is CCc1nc(C)c(CNC(=O)CCc2ccc3c(c2)OCO3)s1. The summed E-state index contributed by atoms with van der Waals surface area (Å²) in [6.45, 7) is 4.91. The van der Waals surface area contributed by atoms with Crippen molar-refractivity contribution in [2.24, 2.45) is 0 Å². The highest BCUT2D eigenvalue weighted by molar-refractivity contribution is 7.11. The van der Waals surface area contributed by atoms with Crippen LogP contribution in [0.5, 0.6) is 11.5 Å². The Bertz CT molecular complexity index is 712. The summed E-state index contributed by atoms with van der Waals surface area (Å²) in [7, 11) is 0. The molecule has 0 fully saturated rings. The number of aryl methyl sites for hydroxylation is 3. The summed E-state index contributed by atoms with van der Waals surface area (Å²) >= 11 is 1.67. The molecule has 2 heterocycles. The fourth-order valence-corrected chi connectivity index (χ4v) is 3.37. The maximum absolute atomic E-state index is 12.0. The Balaban J connectivity index is 1.48. The third kappa shape index (κ3) is 3.82. The highest BCUT2D eigenvalue weighted by Gasteiger charge is 2.14. The second kappa shape index (κ2) is 7.00. The molecule has 1 amide bonds. The minimum atomic E-state index is 0.0496. The highest BCUT2D eigenvalue weighted by Crippen LogP contribution is 2.32. The van der Waals surface area contributed by atoms with E-state index >= 15 is 0 Å². The minimum Gasteiger partial charge on any atom is -0.454 e. The molecule has 0 saturated heterocycles. The Morgan fingerprint density at radius 1 is 1.35 bits per heavy atom. The van der Waals surface area contributed by atoms with Crippen molar-refractivity contribution in [2.75, 3.05) is 6.79 Å². The number of fused-ring (bicyclic) bond motifs is 1. The summed E-state index contributed by atoms with van der Waals surface area (Å²) in [6.07, 6.45) is 2.08. The molecular formula is C17H20N2O3S. The summed E-state index contributed by atoms with van der Waals surface area (Å²) in [5.41, 5.74) is 2.09. The molecule has 0 atom stereocenters. The topological polar surface area (TPSA) is 60.5 Å². The van der Waals surface area contributed by atoms with Crippen molar-refractivity contribution >= 4 is 17.2 Å². The standard InChI is InChI=1S/C17H20N2O3S/c1-3-17-19-11(2)15(23-17)9-18-16(20)7-5-12-4-6-13-14(8-12)22-10-21-13/h4,6,8H,3,5,7,9-10H2,1-2H3,(H,18,20). The number of benzene rings is 1. The lowest BCUT2D eigenvalue weighted by Gasteiger charge is -2.05. The van der Waals surface area contributed by atoms with Crippen LogP contribution >= 0.6 is 11.3 Å². The zero-order valence-corrected chi connectivity index (χ0v) is 14.2. The maximum Gasteiger partial charge on any atom is 0.231 e. The van der Waals surface area contributed by atoms with E-state index in [9.17, 15) is 4.79 Å². The number of thiazole rings is 1. The van der Waals surface area contributed by atoms with Crippen molar-refractivity contribution in [3.8, 4) is 11.5 Å². The summed E-state index contributed by atoms with van der Waals surface area (Å²) in [5, 5.41) is 4.09. The summed E-state index contributed by atoms with van der Waals surface area (Å²) < 4.78 is 10.6. The van der Waals surface area contributed by atoms with E-state index in [4.69, 9.17) is 9.47 Å². The number of ether oxygens (including phenoxy) is 2. The molecule has 0 radical (unpaired) electrons. The normalized spacial score (nSPS) is 12.4. The number of carbonyl (C=O) groups excluding carboxylic acids is 1. The first-order valence-corrected chi connectivity index (χ1v) is 8.57. The fourth-order valence-electron chi connectivity index (χ4n) is 2.43. The molecule has 2 aromatic rings. The van der Waals surface area contributed by atoms with Gasteiger partial charge in [-0.25, -0.2) is 4.98 Å². The first kappa shape index (κ1) is 15.8. The van der Waals surface area contributed by atoms with Gasteiger partial charge in [0.25, 0.3) is 0 Å². The van der Waals surface area contributed by atoms with Gasteiger partial charge in [0.2, 0.25) is 12.7 Å². The molecule has 1 aromatic heterocycles. The van der Waals surface area contributed by atoms with Crippen LogP contribution in [-0.4, -0.2) is 17.7 Å². The van der Waals surface area contributed by atoms with Gasteiger partial charge in [-0.2, -0.15) is 0 Å². The fraction of sp³-hybridized carbons (Fsp3) is 0.412. The second-order valence-electron chi connectivity index (χ2n) is 5.43. The number of aromatic nitrogens is 1. The molecule has 6 heteroatoms. The van der Waals surface area contributed by atoms with Gasteiger partial charge < -0.3 is 14.8 Å². The number of carbonyl (C=O) groups is 1. The molecule has 1 aliphatic heterocycles. The number of rotatable bonds is 6. The van der Waals surface area contributed by atoms with E-state index < -0.39 is 0 Å². The Labute approximate surface area is 139 Å². The van der Waals surface area contributed by atoms with Crippen LogP contribution in [0.4, 0.5) is 0 Å². The molecule has 1 aromatic carbocycles. The van der Waals surface area contributed by atoms with E-state index in [0.717, 1.165) is 39.1 Å². The Hall–Kier alpha value is -2.08. The van der Waals surface area contributed by atoms with Crippen molar-refractivity contribution < 1.29 is 14.3 Å². The van der Waals surface area contributed by atoms with E-state index in [2.05, 4.69) is 17.2 Å². The molecule has 0 spiro atoms. The van der Waals surface area contributed by atoms with Gasteiger partial charge in [-0.3, -0.25) is 4.79 Å². The molecule has 3 rings (SSSR count). The van der Waals surface area contributed by atoms with Gasteiger partial charge in [-0.05, 0) is 37.5 Å². The van der Waals surface area contributed by atoms with Crippen LogP contribution in [0.2, 0.25) is 0 Å². The average molecular weight is 332 g/mol. The monoisotopic (exact) mass is 332 g/mol. The Morgan fingerprint density at radius 3 is 2.96 bits per heavy atom. The van der Waals surface area contributed by atoms with Gasteiger partial charge in [0.05, 0.1) is 17.2 Å². The zero-order chi connectivity index (χ0) is 16.2. The van der Waals surface area contributed by atoms with E-state index in [0.29, 0.717) is 19.4 Å². The van der Waals surface area contributed by atoms with Crippen LogP contribution in [-0.2, 0) is 24.2 Å². The number of hydrogen-bond acceptors (Lipinski definition) is 5. The third-order valence-electron chi connectivity index (χ3n) is 3.76. The molecular weight excluding hydrogens is 312 g/mol. The average Bonchev–Trinajstić information content (AvgIpc) is 3.16. The number of nitrogens with one attached hydrogen (secondary N) is 1. The van der Waals surface area contributed by atoms with Crippen LogP contribution in [0.25, 0.3) is 0 Å². The number of hydrogen-bond donors (Lipinski definition) is 1. The van der Waals surface area contributed by atoms with Crippen molar-refractivity contribution in [3.05, 3.63) is 39.3 Å². The number of nitrogens with zero attached hydrogens (tertiary/aromatic N) is 1. The van der Waals surface area contributed by atoms with Crippen molar-refractivity contribution in [2.45, 2.75) is 39.7 Å². The minimum absolute atomic E-state index is 0.0496. The smallest absolute Gasteiger partial charge is 0.231 e. The molecule has 1 aliphatic rings. The van der Waals surface area contributed by atoms with Crippen molar-refractivity contribution in [3.63, 3.8) is 0 Å². The van der Waals surface area contributed by atoms with Gasteiger partial charge in [0.1, 0.15) is 0 Å². The van der Waals surface area contributed by atoms with Crippen molar-refractivity contribution in [1.29, 1.82) is 0 Å². The second-order valence-corrected chi connectivity index (χ2v) is 6.60. The zero-order valence-electron chi connectivity index (χ0n) is 13.3. The van der Waals surface area contributed by atoms with E-state index in [1.54, 1.807) is 11.3 Å². The van der Waals surface area contributed by atoms with Crippen LogP contribution < -0.4 is 14.8 Å². The molecule has 0 saturated carbocycles. The van der Waals surface area contributed by atoms with Crippen LogP contribution in [0.15, 0.2) is 18.2 Å². The van der Waals surface area contributed by atoms with Crippen LogP contribution in [0, 0.1) is 6.92 Å². The first-order chi connectivity index (χ1) is 11.2. The summed E-state index contributed by atoms with van der Waals surface area (Å²) in [5.74, 6) is 1.58. The Kier molecular flexibility index (Phi) is 4.81. The molecule has 122 valence electrons. The predicted molar refractivity (Wildman–Crippen MR) is 89.0 cm³/mol. The van der Waals surface area contributed by atoms with Gasteiger partial charge in [-0.1, -0.05) is 13.0 Å². The highest BCUT2D eigenvalue weighted by atomic mass is 32.1. The van der Waals surface area contributed by atoms with Gasteiger partial charge in [-0.15, -0.1) is 11.3 Å². The molecule has 0 aliphatic carbocycles. The predicted octanol–water partition coefficient (Wildman–Crippen LogP) is 2.99. The maximum atomic E-state index is 12.0. The number of amides is 1. The van der Waals surface area contributed by atoms with Gasteiger partial charge >= 0.3 is 0 Å². The van der Waals surface area contributed by atoms with Gasteiger partial charge in [0.15, 0.2) is 11.5 Å². The third-order valence-corrected chi connectivity index (χ3v) is 5.06. The first-order valence-electron chi connectivity index (χ1n) is 7.76. The molecule has 5 nitrogen and oxygen atoms in total. The molecule has 0 bridgehead atoms. The van der Waals surface area contributed by atoms with E-state index in [1.165, 1.54) is 0 Å². The molecule has 23 heavy (non-hydrogen) atoms. The lowest BCUT2D eigenvalue weighted by atomic mass is 10.1. The molecule has 1 N–H and O–H groups in total. The van der Waals surface area contributed by atoms with E-state index in [1.807, 2.05) is 25.1 Å². The molecule has 0 unspecified atom stereocenters. The summed E-state index contributed by atoms with van der Waals surface area (Å²) in [4.78, 5) is 17.6. The van der Waals surface area contributed by atoms with Crippen molar-refractivity contribution in [1.82, 2.24) is 10.3 Å². The largest absolute Gasteiger partial charge is 0.454 e. The quantitative estimate of drug-likeness (QED) is 0.883. The Morgan fingerprint density at radius 2 is 2.17 bits per heavy atom. The lowest BCUT2D eigenvalue weighted by Crippen LogP contribution is -2.22. The van der Waals surface area contributed by atoms with Crippen LogP contribution in [0.1, 0.15) is 34.5 Å². The van der Waals surface area contributed by atoms with Gasteiger partial charge in [0, 0.05) is 11.3 Å². The summed E-state index contributed by atoms with van der Waals surface area (Å²) in [6, 6.07) is 5.81. The van der Waals surface area contributed by atoms with E-state index in [-0.39, 0.29) is 12.7 Å².